The lowest BCUT2D eigenvalue weighted by molar-refractivity contribution is 0.330. The molecule has 0 aromatic heterocycles. The third-order valence-corrected chi connectivity index (χ3v) is 3.61. The standard InChI is InChI=1S/C10H20N2/c1-11-10(5-6-10)9-4-2-3-7-12-8-9/h9,11-12H,2-8H2,1H3. The Hall–Kier alpha value is -0.0800. The summed E-state index contributed by atoms with van der Waals surface area (Å²) in [5, 5.41) is 7.05. The van der Waals surface area contributed by atoms with Crippen LogP contribution in [0.2, 0.25) is 0 Å². The quantitative estimate of drug-likeness (QED) is 0.646. The molecule has 2 aliphatic rings. The van der Waals surface area contributed by atoms with Gasteiger partial charge in [0, 0.05) is 5.54 Å². The van der Waals surface area contributed by atoms with Gasteiger partial charge in [0.05, 0.1) is 0 Å². The van der Waals surface area contributed by atoms with E-state index in [9.17, 15) is 0 Å². The summed E-state index contributed by atoms with van der Waals surface area (Å²) in [6.07, 6.45) is 7.01. The van der Waals surface area contributed by atoms with Crippen molar-refractivity contribution < 1.29 is 0 Å². The lowest BCUT2D eigenvalue weighted by atomic mass is 9.92. The van der Waals surface area contributed by atoms with Gasteiger partial charge in [-0.3, -0.25) is 0 Å². The topological polar surface area (TPSA) is 24.1 Å². The Morgan fingerprint density at radius 3 is 2.83 bits per heavy atom. The van der Waals surface area contributed by atoms with Crippen LogP contribution in [0.3, 0.4) is 0 Å². The molecule has 1 saturated heterocycles. The summed E-state index contributed by atoms with van der Waals surface area (Å²) in [5.41, 5.74) is 0.539. The van der Waals surface area contributed by atoms with E-state index in [2.05, 4.69) is 17.7 Å². The molecule has 1 unspecified atom stereocenters. The molecule has 0 amide bonds. The first-order valence-corrected chi connectivity index (χ1v) is 5.27. The molecule has 2 nitrogen and oxygen atoms in total. The van der Waals surface area contributed by atoms with E-state index in [-0.39, 0.29) is 0 Å². The molecule has 0 bridgehead atoms. The van der Waals surface area contributed by atoms with Gasteiger partial charge >= 0.3 is 0 Å². The first-order valence-electron chi connectivity index (χ1n) is 5.27. The fourth-order valence-corrected chi connectivity index (χ4v) is 2.49. The van der Waals surface area contributed by atoms with Gasteiger partial charge in [-0.05, 0) is 51.7 Å². The molecule has 1 aliphatic carbocycles. The van der Waals surface area contributed by atoms with Crippen LogP contribution in [0.15, 0.2) is 0 Å². The van der Waals surface area contributed by atoms with Gasteiger partial charge in [0.2, 0.25) is 0 Å². The van der Waals surface area contributed by atoms with Crippen LogP contribution in [0.1, 0.15) is 32.1 Å². The van der Waals surface area contributed by atoms with Crippen LogP contribution < -0.4 is 10.6 Å². The second-order valence-corrected chi connectivity index (χ2v) is 4.30. The minimum absolute atomic E-state index is 0.539. The second-order valence-electron chi connectivity index (χ2n) is 4.30. The molecule has 12 heavy (non-hydrogen) atoms. The highest BCUT2D eigenvalue weighted by Gasteiger charge is 2.47. The van der Waals surface area contributed by atoms with Crippen LogP contribution in [-0.4, -0.2) is 25.7 Å². The Balaban J connectivity index is 1.92. The lowest BCUT2D eigenvalue weighted by Crippen LogP contribution is -2.40. The summed E-state index contributed by atoms with van der Waals surface area (Å²) in [4.78, 5) is 0. The highest BCUT2D eigenvalue weighted by Crippen LogP contribution is 2.44. The van der Waals surface area contributed by atoms with E-state index in [1.807, 2.05) is 0 Å². The van der Waals surface area contributed by atoms with Gasteiger partial charge in [-0.15, -0.1) is 0 Å². The smallest absolute Gasteiger partial charge is 0.0220 e. The van der Waals surface area contributed by atoms with Gasteiger partial charge in [-0.1, -0.05) is 6.42 Å². The molecule has 1 saturated carbocycles. The predicted molar refractivity (Wildman–Crippen MR) is 51.2 cm³/mol. The average molecular weight is 168 g/mol. The molecular weight excluding hydrogens is 148 g/mol. The Kier molecular flexibility index (Phi) is 2.37. The molecule has 70 valence electrons. The first kappa shape index (κ1) is 8.52. The van der Waals surface area contributed by atoms with E-state index >= 15 is 0 Å². The maximum atomic E-state index is 3.54. The van der Waals surface area contributed by atoms with E-state index in [4.69, 9.17) is 0 Å². The van der Waals surface area contributed by atoms with Gasteiger partial charge in [-0.2, -0.15) is 0 Å². The number of hydrogen-bond acceptors (Lipinski definition) is 2. The zero-order chi connectivity index (χ0) is 8.44. The first-order chi connectivity index (χ1) is 5.87. The molecule has 2 rings (SSSR count). The number of rotatable bonds is 2. The summed E-state index contributed by atoms with van der Waals surface area (Å²) in [5.74, 6) is 0.894. The monoisotopic (exact) mass is 168 g/mol. The van der Waals surface area contributed by atoms with Crippen LogP contribution >= 0.6 is 0 Å². The van der Waals surface area contributed by atoms with Crippen LogP contribution in [0.4, 0.5) is 0 Å². The van der Waals surface area contributed by atoms with E-state index < -0.39 is 0 Å². The SMILES string of the molecule is CNC1(C2CCCCNC2)CC1. The van der Waals surface area contributed by atoms with Crippen molar-refractivity contribution in [2.75, 3.05) is 20.1 Å². The molecular formula is C10H20N2. The van der Waals surface area contributed by atoms with Crippen molar-refractivity contribution in [3.05, 3.63) is 0 Å². The zero-order valence-corrected chi connectivity index (χ0v) is 8.03. The Morgan fingerprint density at radius 1 is 1.33 bits per heavy atom. The zero-order valence-electron chi connectivity index (χ0n) is 8.03. The Labute approximate surface area is 75.1 Å². The highest BCUT2D eigenvalue weighted by molar-refractivity contribution is 5.06. The maximum Gasteiger partial charge on any atom is 0.0220 e. The fraction of sp³-hybridized carbons (Fsp3) is 1.00. The molecule has 2 heteroatoms. The van der Waals surface area contributed by atoms with Gasteiger partial charge in [-0.25, -0.2) is 0 Å². The second kappa shape index (κ2) is 3.35. The van der Waals surface area contributed by atoms with Gasteiger partial charge in [0.1, 0.15) is 0 Å². The lowest BCUT2D eigenvalue weighted by Gasteiger charge is -2.25. The Morgan fingerprint density at radius 2 is 2.17 bits per heavy atom. The summed E-state index contributed by atoms with van der Waals surface area (Å²) in [7, 11) is 2.12. The number of nitrogens with one attached hydrogen (secondary N) is 2. The molecule has 0 aromatic rings. The molecule has 2 fully saturated rings. The van der Waals surface area contributed by atoms with Crippen molar-refractivity contribution in [2.24, 2.45) is 5.92 Å². The predicted octanol–water partition coefficient (Wildman–Crippen LogP) is 1.13. The largest absolute Gasteiger partial charge is 0.316 e. The van der Waals surface area contributed by atoms with Crippen molar-refractivity contribution in [3.8, 4) is 0 Å². The van der Waals surface area contributed by atoms with E-state index in [1.165, 1.54) is 45.2 Å². The molecule has 2 N–H and O–H groups in total. The van der Waals surface area contributed by atoms with Gasteiger partial charge < -0.3 is 10.6 Å². The third-order valence-electron chi connectivity index (χ3n) is 3.61. The Bertz CT molecular complexity index is 144. The van der Waals surface area contributed by atoms with Crippen molar-refractivity contribution >= 4 is 0 Å². The van der Waals surface area contributed by atoms with Crippen LogP contribution in [0, 0.1) is 5.92 Å². The van der Waals surface area contributed by atoms with E-state index in [0.29, 0.717) is 5.54 Å². The van der Waals surface area contributed by atoms with E-state index in [0.717, 1.165) is 5.92 Å². The molecule has 0 radical (unpaired) electrons. The molecule has 1 atom stereocenters. The number of hydrogen-bond donors (Lipinski definition) is 2. The van der Waals surface area contributed by atoms with Crippen LogP contribution in [0.25, 0.3) is 0 Å². The normalized spacial score (nSPS) is 34.2. The minimum Gasteiger partial charge on any atom is -0.316 e. The summed E-state index contributed by atoms with van der Waals surface area (Å²) in [6, 6.07) is 0. The minimum atomic E-state index is 0.539. The van der Waals surface area contributed by atoms with Crippen molar-refractivity contribution in [1.29, 1.82) is 0 Å². The molecule has 0 spiro atoms. The van der Waals surface area contributed by atoms with Gasteiger partial charge in [0.15, 0.2) is 0 Å². The maximum absolute atomic E-state index is 3.54. The fourth-order valence-electron chi connectivity index (χ4n) is 2.49. The van der Waals surface area contributed by atoms with E-state index in [1.54, 1.807) is 0 Å². The molecule has 1 aliphatic heterocycles. The van der Waals surface area contributed by atoms with Crippen molar-refractivity contribution in [3.63, 3.8) is 0 Å². The summed E-state index contributed by atoms with van der Waals surface area (Å²) >= 11 is 0. The molecule has 1 heterocycles. The van der Waals surface area contributed by atoms with Gasteiger partial charge in [0.25, 0.3) is 0 Å². The van der Waals surface area contributed by atoms with Crippen molar-refractivity contribution in [2.45, 2.75) is 37.6 Å². The van der Waals surface area contributed by atoms with Crippen LogP contribution in [0.5, 0.6) is 0 Å². The summed E-state index contributed by atoms with van der Waals surface area (Å²) in [6.45, 7) is 2.47. The molecule has 0 aromatic carbocycles. The van der Waals surface area contributed by atoms with Crippen molar-refractivity contribution in [1.82, 2.24) is 10.6 Å². The average Bonchev–Trinajstić information content (AvgIpc) is 2.90. The summed E-state index contributed by atoms with van der Waals surface area (Å²) < 4.78 is 0. The van der Waals surface area contributed by atoms with Crippen LogP contribution in [-0.2, 0) is 0 Å². The highest BCUT2D eigenvalue weighted by atomic mass is 15.0. The third kappa shape index (κ3) is 1.50.